The van der Waals surface area contributed by atoms with Crippen LogP contribution in [-0.2, 0) is 4.79 Å². The molecule has 0 aliphatic heterocycles. The number of nitrogens with one attached hydrogen (secondary N) is 1. The molecule has 0 aromatic carbocycles. The topological polar surface area (TPSA) is 29.1 Å². The molecule has 0 saturated heterocycles. The van der Waals surface area contributed by atoms with E-state index in [2.05, 4.69) is 19.2 Å². The minimum Gasteiger partial charge on any atom is -0.308 e. The van der Waals surface area contributed by atoms with Gasteiger partial charge in [-0.15, -0.1) is 0 Å². The Morgan fingerprint density at radius 3 is 2.31 bits per heavy atom. The zero-order valence-electron chi connectivity index (χ0n) is 9.61. The highest BCUT2D eigenvalue weighted by Gasteiger charge is 2.26. The second kappa shape index (κ2) is 5.38. The van der Waals surface area contributed by atoms with Crippen LogP contribution in [0.4, 0.5) is 0 Å². The molecule has 0 saturated carbocycles. The lowest BCUT2D eigenvalue weighted by Crippen LogP contribution is -2.46. The van der Waals surface area contributed by atoms with E-state index < -0.39 is 0 Å². The van der Waals surface area contributed by atoms with E-state index >= 15 is 0 Å². The summed E-state index contributed by atoms with van der Waals surface area (Å²) in [4.78, 5) is 11.3. The van der Waals surface area contributed by atoms with E-state index in [0.29, 0.717) is 0 Å². The number of Topliss-reactive ketones (excluding diaryl/α,β-unsaturated/α-hetero) is 1. The predicted molar refractivity (Wildman–Crippen MR) is 56.8 cm³/mol. The lowest BCUT2D eigenvalue weighted by atomic mass is 9.89. The summed E-state index contributed by atoms with van der Waals surface area (Å²) in [5.74, 6) is 0.965. The molecule has 0 radical (unpaired) electrons. The summed E-state index contributed by atoms with van der Waals surface area (Å²) in [5.41, 5.74) is -0.311. The third kappa shape index (κ3) is 4.41. The highest BCUT2D eigenvalue weighted by atomic mass is 16.1. The van der Waals surface area contributed by atoms with Crippen LogP contribution in [0.2, 0.25) is 0 Å². The van der Waals surface area contributed by atoms with Gasteiger partial charge in [0.25, 0.3) is 0 Å². The Labute approximate surface area is 82.1 Å². The monoisotopic (exact) mass is 185 g/mol. The van der Waals surface area contributed by atoms with Crippen molar-refractivity contribution in [3.8, 4) is 0 Å². The smallest absolute Gasteiger partial charge is 0.149 e. The molecule has 1 N–H and O–H groups in total. The number of hydrogen-bond acceptors (Lipinski definition) is 2. The first-order valence-corrected chi connectivity index (χ1v) is 5.12. The minimum atomic E-state index is -0.311. The summed E-state index contributed by atoms with van der Waals surface area (Å²) in [6, 6.07) is 0. The van der Waals surface area contributed by atoms with Gasteiger partial charge in [0, 0.05) is 0 Å². The van der Waals surface area contributed by atoms with E-state index in [-0.39, 0.29) is 11.3 Å². The van der Waals surface area contributed by atoms with Crippen LogP contribution in [-0.4, -0.2) is 18.4 Å². The maximum atomic E-state index is 11.3. The zero-order valence-corrected chi connectivity index (χ0v) is 9.61. The van der Waals surface area contributed by atoms with Crippen molar-refractivity contribution in [1.29, 1.82) is 0 Å². The summed E-state index contributed by atoms with van der Waals surface area (Å²) in [7, 11) is 1.86. The SMILES string of the molecule is CNC(C)(CCCC(C)C)C(C)=O. The van der Waals surface area contributed by atoms with Crippen molar-refractivity contribution < 1.29 is 4.79 Å². The van der Waals surface area contributed by atoms with E-state index in [4.69, 9.17) is 0 Å². The Kier molecular flexibility index (Phi) is 5.23. The van der Waals surface area contributed by atoms with E-state index in [1.807, 2.05) is 14.0 Å². The van der Waals surface area contributed by atoms with Crippen LogP contribution in [0.25, 0.3) is 0 Å². The van der Waals surface area contributed by atoms with Gasteiger partial charge in [-0.2, -0.15) is 0 Å². The van der Waals surface area contributed by atoms with E-state index in [0.717, 1.165) is 18.8 Å². The molecular weight excluding hydrogens is 162 g/mol. The number of ketones is 1. The molecule has 0 aromatic heterocycles. The van der Waals surface area contributed by atoms with Crippen molar-refractivity contribution in [2.45, 2.75) is 52.5 Å². The Bertz CT molecular complexity index is 165. The number of rotatable bonds is 6. The van der Waals surface area contributed by atoms with Crippen molar-refractivity contribution in [3.63, 3.8) is 0 Å². The highest BCUT2D eigenvalue weighted by Crippen LogP contribution is 2.16. The molecule has 1 unspecified atom stereocenters. The number of carbonyl (C=O) groups excluding carboxylic acids is 1. The molecular formula is C11H23NO. The third-order valence-electron chi connectivity index (χ3n) is 2.79. The summed E-state index contributed by atoms with van der Waals surface area (Å²) < 4.78 is 0. The second-order valence-electron chi connectivity index (χ2n) is 4.42. The van der Waals surface area contributed by atoms with Gasteiger partial charge < -0.3 is 5.32 Å². The van der Waals surface area contributed by atoms with Crippen LogP contribution < -0.4 is 5.32 Å². The highest BCUT2D eigenvalue weighted by molar-refractivity contribution is 5.85. The number of likely N-dealkylation sites (N-methyl/N-ethyl adjacent to an activating group) is 1. The molecule has 78 valence electrons. The molecule has 2 nitrogen and oxygen atoms in total. The first-order valence-electron chi connectivity index (χ1n) is 5.12. The van der Waals surface area contributed by atoms with Gasteiger partial charge in [0.1, 0.15) is 5.78 Å². The Morgan fingerprint density at radius 2 is 2.00 bits per heavy atom. The summed E-state index contributed by atoms with van der Waals surface area (Å²) in [6.07, 6.45) is 3.26. The van der Waals surface area contributed by atoms with Crippen molar-refractivity contribution in [2.75, 3.05) is 7.05 Å². The summed E-state index contributed by atoms with van der Waals surface area (Å²) in [5, 5.41) is 3.10. The van der Waals surface area contributed by atoms with E-state index in [1.54, 1.807) is 6.92 Å². The first-order chi connectivity index (χ1) is 5.92. The predicted octanol–water partition coefficient (Wildman–Crippen LogP) is 2.38. The third-order valence-corrected chi connectivity index (χ3v) is 2.79. The van der Waals surface area contributed by atoms with Crippen LogP contribution in [0, 0.1) is 5.92 Å². The molecule has 0 heterocycles. The average Bonchev–Trinajstić information content (AvgIpc) is 2.03. The van der Waals surface area contributed by atoms with Crippen molar-refractivity contribution >= 4 is 5.78 Å². The maximum absolute atomic E-state index is 11.3. The fraction of sp³-hybridized carbons (Fsp3) is 0.909. The van der Waals surface area contributed by atoms with Gasteiger partial charge in [0.05, 0.1) is 5.54 Å². The lowest BCUT2D eigenvalue weighted by molar-refractivity contribution is -0.122. The molecule has 1 atom stereocenters. The quantitative estimate of drug-likeness (QED) is 0.688. The lowest BCUT2D eigenvalue weighted by Gasteiger charge is -2.26. The molecule has 0 amide bonds. The van der Waals surface area contributed by atoms with Crippen molar-refractivity contribution in [1.82, 2.24) is 5.32 Å². The molecule has 0 aliphatic carbocycles. The standard InChI is InChI=1S/C11H23NO/c1-9(2)7-6-8-11(4,12-5)10(3)13/h9,12H,6-8H2,1-5H3. The van der Waals surface area contributed by atoms with Crippen molar-refractivity contribution in [2.24, 2.45) is 5.92 Å². The Hall–Kier alpha value is -0.370. The Morgan fingerprint density at radius 1 is 1.46 bits per heavy atom. The van der Waals surface area contributed by atoms with Gasteiger partial charge in [-0.25, -0.2) is 0 Å². The number of hydrogen-bond donors (Lipinski definition) is 1. The molecule has 0 aromatic rings. The summed E-state index contributed by atoms with van der Waals surface area (Å²) >= 11 is 0. The fourth-order valence-corrected chi connectivity index (χ4v) is 1.34. The van der Waals surface area contributed by atoms with Crippen LogP contribution >= 0.6 is 0 Å². The molecule has 0 fully saturated rings. The Balaban J connectivity index is 3.92. The second-order valence-corrected chi connectivity index (χ2v) is 4.42. The zero-order chi connectivity index (χ0) is 10.5. The normalized spacial score (nSPS) is 15.8. The van der Waals surface area contributed by atoms with Crippen LogP contribution in [0.15, 0.2) is 0 Å². The largest absolute Gasteiger partial charge is 0.308 e. The summed E-state index contributed by atoms with van der Waals surface area (Å²) in [6.45, 7) is 8.07. The molecule has 0 aliphatic rings. The van der Waals surface area contributed by atoms with Crippen LogP contribution in [0.3, 0.4) is 0 Å². The first kappa shape index (κ1) is 12.6. The van der Waals surface area contributed by atoms with E-state index in [1.165, 1.54) is 6.42 Å². The van der Waals surface area contributed by atoms with Gasteiger partial charge in [0.2, 0.25) is 0 Å². The molecule has 0 rings (SSSR count). The van der Waals surface area contributed by atoms with Crippen molar-refractivity contribution in [3.05, 3.63) is 0 Å². The van der Waals surface area contributed by atoms with Gasteiger partial charge in [-0.05, 0) is 33.2 Å². The van der Waals surface area contributed by atoms with Crippen LogP contribution in [0.1, 0.15) is 47.0 Å². The molecule has 0 bridgehead atoms. The van der Waals surface area contributed by atoms with E-state index in [9.17, 15) is 4.79 Å². The molecule has 0 spiro atoms. The minimum absolute atomic E-state index is 0.235. The molecule has 13 heavy (non-hydrogen) atoms. The van der Waals surface area contributed by atoms with Gasteiger partial charge >= 0.3 is 0 Å². The molecule has 2 heteroatoms. The fourth-order valence-electron chi connectivity index (χ4n) is 1.34. The average molecular weight is 185 g/mol. The maximum Gasteiger partial charge on any atom is 0.149 e. The van der Waals surface area contributed by atoms with Gasteiger partial charge in [-0.3, -0.25) is 4.79 Å². The van der Waals surface area contributed by atoms with Gasteiger partial charge in [-0.1, -0.05) is 26.7 Å². The van der Waals surface area contributed by atoms with Crippen LogP contribution in [0.5, 0.6) is 0 Å². The number of carbonyl (C=O) groups is 1. The van der Waals surface area contributed by atoms with Gasteiger partial charge in [0.15, 0.2) is 0 Å².